The second-order valence-corrected chi connectivity index (χ2v) is 5.20. The summed E-state index contributed by atoms with van der Waals surface area (Å²) in [6.07, 6.45) is 2.47. The number of rotatable bonds is 2. The van der Waals surface area contributed by atoms with E-state index in [0.29, 0.717) is 25.7 Å². The summed E-state index contributed by atoms with van der Waals surface area (Å²) in [5.74, 6) is 0.260. The number of carbonyl (C=O) groups is 1. The quantitative estimate of drug-likeness (QED) is 0.693. The third-order valence-electron chi connectivity index (χ3n) is 3.64. The molecule has 0 heterocycles. The van der Waals surface area contributed by atoms with Crippen LogP contribution in [0.2, 0.25) is 0 Å². The molecule has 3 heteroatoms. The van der Waals surface area contributed by atoms with E-state index >= 15 is 0 Å². The van der Waals surface area contributed by atoms with Gasteiger partial charge < -0.3 is 4.90 Å². The maximum absolute atomic E-state index is 14.2. The minimum absolute atomic E-state index is 0.0441. The maximum Gasteiger partial charge on any atom is 0.225 e. The van der Waals surface area contributed by atoms with E-state index in [9.17, 15) is 9.18 Å². The van der Waals surface area contributed by atoms with Crippen molar-refractivity contribution in [2.24, 2.45) is 11.8 Å². The van der Waals surface area contributed by atoms with E-state index in [2.05, 4.69) is 0 Å². The first-order valence-corrected chi connectivity index (χ1v) is 5.77. The molecule has 1 amide bonds. The molecule has 1 aliphatic carbocycles. The van der Waals surface area contributed by atoms with Gasteiger partial charge in [0.2, 0.25) is 5.91 Å². The van der Waals surface area contributed by atoms with Crippen molar-refractivity contribution in [3.05, 3.63) is 0 Å². The van der Waals surface area contributed by atoms with Gasteiger partial charge in [-0.3, -0.25) is 4.79 Å². The van der Waals surface area contributed by atoms with Crippen LogP contribution in [-0.4, -0.2) is 30.6 Å². The van der Waals surface area contributed by atoms with Crippen LogP contribution >= 0.6 is 0 Å². The Bertz CT molecular complexity index is 230. The van der Waals surface area contributed by atoms with Crippen molar-refractivity contribution < 1.29 is 9.18 Å². The largest absolute Gasteiger partial charge is 0.349 e. The molecule has 2 nitrogen and oxygen atoms in total. The summed E-state index contributed by atoms with van der Waals surface area (Å²) < 4.78 is 14.2. The van der Waals surface area contributed by atoms with E-state index < -0.39 is 5.67 Å². The lowest BCUT2D eigenvalue weighted by Gasteiger charge is -2.36. The Balaban J connectivity index is 2.53. The van der Waals surface area contributed by atoms with Gasteiger partial charge in [0, 0.05) is 20.0 Å². The van der Waals surface area contributed by atoms with E-state index in [0.717, 1.165) is 0 Å². The number of nitrogens with zero attached hydrogens (tertiary/aromatic N) is 1. The minimum Gasteiger partial charge on any atom is -0.349 e. The summed E-state index contributed by atoms with van der Waals surface area (Å²) in [4.78, 5) is 13.3. The lowest BCUT2D eigenvalue weighted by molar-refractivity contribution is -0.135. The highest BCUT2D eigenvalue weighted by atomic mass is 19.1. The summed E-state index contributed by atoms with van der Waals surface area (Å²) in [5.41, 5.74) is -1.04. The lowest BCUT2D eigenvalue weighted by Crippen LogP contribution is -2.39. The predicted molar refractivity (Wildman–Crippen MR) is 59.3 cm³/mol. The molecule has 0 aromatic heterocycles. The average Bonchev–Trinajstić information content (AvgIpc) is 2.17. The fourth-order valence-electron chi connectivity index (χ4n) is 2.29. The zero-order valence-electron chi connectivity index (χ0n) is 10.2. The van der Waals surface area contributed by atoms with Crippen LogP contribution < -0.4 is 0 Å². The molecule has 1 aliphatic rings. The maximum atomic E-state index is 14.2. The number of halogens is 1. The molecule has 0 saturated heterocycles. The summed E-state index contributed by atoms with van der Waals surface area (Å²) in [6.45, 7) is 3.85. The molecular weight excluding hydrogens is 193 g/mol. The summed E-state index contributed by atoms with van der Waals surface area (Å²) in [6, 6.07) is 0. The topological polar surface area (TPSA) is 20.3 Å². The van der Waals surface area contributed by atoms with Crippen molar-refractivity contribution in [2.45, 2.75) is 45.2 Å². The van der Waals surface area contributed by atoms with Crippen LogP contribution in [0.25, 0.3) is 0 Å². The standard InChI is InChI=1S/C12H22FNO/c1-9(2)12(13)7-5-10(6-8-12)11(15)14(3)4/h9-10H,5-8H2,1-4H3. The van der Waals surface area contributed by atoms with Gasteiger partial charge in [0.1, 0.15) is 5.67 Å². The molecule has 1 saturated carbocycles. The van der Waals surface area contributed by atoms with Crippen molar-refractivity contribution in [1.82, 2.24) is 4.90 Å². The highest BCUT2D eigenvalue weighted by Gasteiger charge is 2.39. The fourth-order valence-corrected chi connectivity index (χ4v) is 2.29. The van der Waals surface area contributed by atoms with Crippen molar-refractivity contribution in [2.75, 3.05) is 14.1 Å². The Morgan fingerprint density at radius 3 is 2.13 bits per heavy atom. The minimum atomic E-state index is -1.04. The van der Waals surface area contributed by atoms with Crippen LogP contribution in [0.1, 0.15) is 39.5 Å². The highest BCUT2D eigenvalue weighted by Crippen LogP contribution is 2.40. The molecule has 0 N–H and O–H groups in total. The monoisotopic (exact) mass is 215 g/mol. The fraction of sp³-hybridized carbons (Fsp3) is 0.917. The van der Waals surface area contributed by atoms with Crippen molar-refractivity contribution >= 4 is 5.91 Å². The van der Waals surface area contributed by atoms with E-state index in [4.69, 9.17) is 0 Å². The SMILES string of the molecule is CC(C)C1(F)CCC(C(=O)N(C)C)CC1. The molecule has 0 aromatic carbocycles. The molecule has 0 aliphatic heterocycles. The van der Waals surface area contributed by atoms with Crippen LogP contribution in [0.3, 0.4) is 0 Å². The first-order chi connectivity index (χ1) is 6.87. The zero-order chi connectivity index (χ0) is 11.6. The summed E-state index contributed by atoms with van der Waals surface area (Å²) >= 11 is 0. The first-order valence-electron chi connectivity index (χ1n) is 5.77. The third-order valence-corrected chi connectivity index (χ3v) is 3.64. The van der Waals surface area contributed by atoms with Crippen molar-refractivity contribution in [3.8, 4) is 0 Å². The number of alkyl halides is 1. The molecule has 0 aromatic rings. The first kappa shape index (κ1) is 12.5. The average molecular weight is 215 g/mol. The third kappa shape index (κ3) is 2.70. The van der Waals surface area contributed by atoms with E-state index in [1.165, 1.54) is 0 Å². The van der Waals surface area contributed by atoms with Gasteiger partial charge in [-0.05, 0) is 31.6 Å². The second-order valence-electron chi connectivity index (χ2n) is 5.20. The van der Waals surface area contributed by atoms with E-state index in [1.807, 2.05) is 13.8 Å². The number of carbonyl (C=O) groups excluding carboxylic acids is 1. The predicted octanol–water partition coefficient (Wildman–Crippen LogP) is 2.63. The van der Waals surface area contributed by atoms with Gasteiger partial charge in [0.05, 0.1) is 0 Å². The van der Waals surface area contributed by atoms with Gasteiger partial charge in [0.15, 0.2) is 0 Å². The molecule has 0 bridgehead atoms. The summed E-state index contributed by atoms with van der Waals surface area (Å²) in [7, 11) is 3.53. The molecule has 0 spiro atoms. The van der Waals surface area contributed by atoms with Gasteiger partial charge in [-0.15, -0.1) is 0 Å². The molecule has 0 unspecified atom stereocenters. The molecule has 0 atom stereocenters. The summed E-state index contributed by atoms with van der Waals surface area (Å²) in [5, 5.41) is 0. The van der Waals surface area contributed by atoms with Gasteiger partial charge in [0.25, 0.3) is 0 Å². The molecule has 1 rings (SSSR count). The highest BCUT2D eigenvalue weighted by molar-refractivity contribution is 5.78. The van der Waals surface area contributed by atoms with Crippen LogP contribution in [0.5, 0.6) is 0 Å². The smallest absolute Gasteiger partial charge is 0.225 e. The Morgan fingerprint density at radius 1 is 1.33 bits per heavy atom. The van der Waals surface area contributed by atoms with Crippen LogP contribution in [0.15, 0.2) is 0 Å². The molecular formula is C12H22FNO. The molecule has 1 fully saturated rings. The Hall–Kier alpha value is -0.600. The normalized spacial score (nSPS) is 31.7. The number of hydrogen-bond donors (Lipinski definition) is 0. The van der Waals surface area contributed by atoms with Crippen molar-refractivity contribution in [1.29, 1.82) is 0 Å². The van der Waals surface area contributed by atoms with Gasteiger partial charge in [-0.1, -0.05) is 13.8 Å². The Morgan fingerprint density at radius 2 is 1.80 bits per heavy atom. The second kappa shape index (κ2) is 4.50. The Labute approximate surface area is 91.8 Å². The van der Waals surface area contributed by atoms with E-state index in [1.54, 1.807) is 19.0 Å². The van der Waals surface area contributed by atoms with Gasteiger partial charge >= 0.3 is 0 Å². The van der Waals surface area contributed by atoms with Crippen LogP contribution in [-0.2, 0) is 4.79 Å². The lowest BCUT2D eigenvalue weighted by atomic mass is 9.74. The molecule has 88 valence electrons. The van der Waals surface area contributed by atoms with Gasteiger partial charge in [-0.2, -0.15) is 0 Å². The number of hydrogen-bond acceptors (Lipinski definition) is 1. The van der Waals surface area contributed by atoms with Gasteiger partial charge in [-0.25, -0.2) is 4.39 Å². The van der Waals surface area contributed by atoms with E-state index in [-0.39, 0.29) is 17.7 Å². The van der Waals surface area contributed by atoms with Crippen LogP contribution in [0.4, 0.5) is 4.39 Å². The van der Waals surface area contributed by atoms with Crippen LogP contribution in [0, 0.1) is 11.8 Å². The Kier molecular flexibility index (Phi) is 3.74. The molecule has 15 heavy (non-hydrogen) atoms. The zero-order valence-corrected chi connectivity index (χ0v) is 10.2. The number of amides is 1. The molecule has 0 radical (unpaired) electrons. The van der Waals surface area contributed by atoms with Crippen molar-refractivity contribution in [3.63, 3.8) is 0 Å².